The Hall–Kier alpha value is -0.870. The third kappa shape index (κ3) is 3.56. The molecular weight excluding hydrogens is 224 g/mol. The van der Waals surface area contributed by atoms with Crippen molar-refractivity contribution in [3.63, 3.8) is 0 Å². The van der Waals surface area contributed by atoms with E-state index < -0.39 is 0 Å². The van der Waals surface area contributed by atoms with Crippen molar-refractivity contribution in [2.75, 3.05) is 39.8 Å². The van der Waals surface area contributed by atoms with Crippen LogP contribution in [0, 0.1) is 0 Å². The average Bonchev–Trinajstić information content (AvgIpc) is 2.86. The van der Waals surface area contributed by atoms with E-state index in [-0.39, 0.29) is 0 Å². The zero-order valence-electron chi connectivity index (χ0n) is 12.0. The molecule has 0 aromatic carbocycles. The molecule has 2 rings (SSSR count). The van der Waals surface area contributed by atoms with Crippen molar-refractivity contribution >= 4 is 0 Å². The molecule has 0 aliphatic carbocycles. The van der Waals surface area contributed by atoms with Crippen LogP contribution in [-0.4, -0.2) is 59.4 Å². The predicted molar refractivity (Wildman–Crippen MR) is 74.9 cm³/mol. The molecule has 1 fully saturated rings. The number of hydrogen-bond donors (Lipinski definition) is 0. The summed E-state index contributed by atoms with van der Waals surface area (Å²) >= 11 is 0. The van der Waals surface area contributed by atoms with Gasteiger partial charge in [0.2, 0.25) is 0 Å². The van der Waals surface area contributed by atoms with Gasteiger partial charge < -0.3 is 4.90 Å². The van der Waals surface area contributed by atoms with Gasteiger partial charge in [-0.15, -0.1) is 0 Å². The molecule has 0 N–H and O–H groups in total. The summed E-state index contributed by atoms with van der Waals surface area (Å²) in [5.74, 6) is 0.627. The molecule has 0 amide bonds. The van der Waals surface area contributed by atoms with Gasteiger partial charge in [-0.1, -0.05) is 13.8 Å². The monoisotopic (exact) mass is 250 g/mol. The van der Waals surface area contributed by atoms with Gasteiger partial charge in [-0.25, -0.2) is 0 Å². The maximum absolute atomic E-state index is 4.46. The summed E-state index contributed by atoms with van der Waals surface area (Å²) in [5.41, 5.74) is 1.37. The SMILES string of the molecule is CCC(C)c1cnn(CCN2CCN(C)CC2)c1. The van der Waals surface area contributed by atoms with E-state index in [1.165, 1.54) is 38.2 Å². The first-order chi connectivity index (χ1) is 8.69. The van der Waals surface area contributed by atoms with Crippen LogP contribution in [-0.2, 0) is 6.54 Å². The second-order valence-electron chi connectivity index (χ2n) is 5.49. The third-order valence-corrected chi connectivity index (χ3v) is 4.08. The van der Waals surface area contributed by atoms with Gasteiger partial charge in [0.15, 0.2) is 0 Å². The minimum Gasteiger partial charge on any atom is -0.304 e. The fourth-order valence-corrected chi connectivity index (χ4v) is 2.31. The van der Waals surface area contributed by atoms with Crippen molar-refractivity contribution in [2.45, 2.75) is 32.7 Å². The summed E-state index contributed by atoms with van der Waals surface area (Å²) in [6, 6.07) is 0. The Morgan fingerprint density at radius 2 is 1.94 bits per heavy atom. The number of hydrogen-bond acceptors (Lipinski definition) is 3. The van der Waals surface area contributed by atoms with Gasteiger partial charge in [0.25, 0.3) is 0 Å². The molecule has 0 spiro atoms. The van der Waals surface area contributed by atoms with Gasteiger partial charge in [-0.05, 0) is 24.9 Å². The Balaban J connectivity index is 1.78. The first-order valence-electron chi connectivity index (χ1n) is 7.12. The normalized spacial score (nSPS) is 20.2. The molecule has 1 aliphatic rings. The second-order valence-corrected chi connectivity index (χ2v) is 5.49. The van der Waals surface area contributed by atoms with Crippen LogP contribution in [0.5, 0.6) is 0 Å². The van der Waals surface area contributed by atoms with Crippen LogP contribution in [0.3, 0.4) is 0 Å². The molecule has 1 aromatic heterocycles. The highest BCUT2D eigenvalue weighted by Gasteiger charge is 2.13. The molecule has 0 saturated carbocycles. The molecular formula is C14H26N4. The molecule has 4 nitrogen and oxygen atoms in total. The molecule has 1 aromatic rings. The lowest BCUT2D eigenvalue weighted by Crippen LogP contribution is -2.45. The Morgan fingerprint density at radius 1 is 1.22 bits per heavy atom. The van der Waals surface area contributed by atoms with Crippen molar-refractivity contribution in [2.24, 2.45) is 0 Å². The predicted octanol–water partition coefficient (Wildman–Crippen LogP) is 1.64. The van der Waals surface area contributed by atoms with Crippen LogP contribution in [0.15, 0.2) is 12.4 Å². The highest BCUT2D eigenvalue weighted by molar-refractivity contribution is 5.09. The van der Waals surface area contributed by atoms with Gasteiger partial charge >= 0.3 is 0 Å². The van der Waals surface area contributed by atoms with Crippen LogP contribution in [0.1, 0.15) is 31.7 Å². The van der Waals surface area contributed by atoms with Crippen LogP contribution in [0.2, 0.25) is 0 Å². The van der Waals surface area contributed by atoms with E-state index in [2.05, 4.69) is 46.7 Å². The second kappa shape index (κ2) is 6.34. The first kappa shape index (κ1) is 13.6. The molecule has 1 atom stereocenters. The molecule has 4 heteroatoms. The number of aromatic nitrogens is 2. The fourth-order valence-electron chi connectivity index (χ4n) is 2.31. The summed E-state index contributed by atoms with van der Waals surface area (Å²) < 4.78 is 2.10. The molecule has 1 aliphatic heterocycles. The van der Waals surface area contributed by atoms with Crippen LogP contribution in [0.4, 0.5) is 0 Å². The summed E-state index contributed by atoms with van der Waals surface area (Å²) in [5, 5.41) is 4.46. The maximum atomic E-state index is 4.46. The highest BCUT2D eigenvalue weighted by atomic mass is 15.3. The van der Waals surface area contributed by atoms with E-state index in [0.717, 1.165) is 13.1 Å². The van der Waals surface area contributed by atoms with Crippen LogP contribution < -0.4 is 0 Å². The zero-order valence-corrected chi connectivity index (χ0v) is 12.0. The molecule has 102 valence electrons. The van der Waals surface area contributed by atoms with Crippen molar-refractivity contribution in [1.29, 1.82) is 0 Å². The van der Waals surface area contributed by atoms with Gasteiger partial charge in [0, 0.05) is 38.9 Å². The standard InChI is InChI=1S/C14H26N4/c1-4-13(2)14-11-15-18(12-14)10-9-17-7-5-16(3)6-8-17/h11-13H,4-10H2,1-3H3. The molecule has 1 saturated heterocycles. The Kier molecular flexibility index (Phi) is 4.78. The smallest absolute Gasteiger partial charge is 0.0536 e. The molecule has 0 radical (unpaired) electrons. The van der Waals surface area contributed by atoms with E-state index in [1.807, 2.05) is 6.20 Å². The summed E-state index contributed by atoms with van der Waals surface area (Å²) in [6.45, 7) is 11.4. The van der Waals surface area contributed by atoms with E-state index in [1.54, 1.807) is 0 Å². The van der Waals surface area contributed by atoms with Crippen molar-refractivity contribution in [3.05, 3.63) is 18.0 Å². The molecule has 2 heterocycles. The van der Waals surface area contributed by atoms with Crippen molar-refractivity contribution < 1.29 is 0 Å². The maximum Gasteiger partial charge on any atom is 0.0536 e. The Morgan fingerprint density at radius 3 is 2.61 bits per heavy atom. The lowest BCUT2D eigenvalue weighted by atomic mass is 10.0. The molecule has 18 heavy (non-hydrogen) atoms. The Bertz CT molecular complexity index is 352. The quantitative estimate of drug-likeness (QED) is 0.794. The first-order valence-corrected chi connectivity index (χ1v) is 7.12. The highest BCUT2D eigenvalue weighted by Crippen LogP contribution is 2.17. The molecule has 1 unspecified atom stereocenters. The number of piperazine rings is 1. The van der Waals surface area contributed by atoms with E-state index >= 15 is 0 Å². The summed E-state index contributed by atoms with van der Waals surface area (Å²) in [4.78, 5) is 4.93. The van der Waals surface area contributed by atoms with E-state index in [0.29, 0.717) is 5.92 Å². The number of rotatable bonds is 5. The Labute approximate surface area is 111 Å². The van der Waals surface area contributed by atoms with Gasteiger partial charge in [-0.3, -0.25) is 9.58 Å². The van der Waals surface area contributed by atoms with Gasteiger partial charge in [-0.2, -0.15) is 5.10 Å². The third-order valence-electron chi connectivity index (χ3n) is 4.08. The number of likely N-dealkylation sites (N-methyl/N-ethyl adjacent to an activating group) is 1. The largest absolute Gasteiger partial charge is 0.304 e. The van der Waals surface area contributed by atoms with Gasteiger partial charge in [0.1, 0.15) is 0 Å². The lowest BCUT2D eigenvalue weighted by molar-refractivity contribution is 0.149. The average molecular weight is 250 g/mol. The van der Waals surface area contributed by atoms with E-state index in [9.17, 15) is 0 Å². The molecule has 0 bridgehead atoms. The fraction of sp³-hybridized carbons (Fsp3) is 0.786. The number of nitrogens with zero attached hydrogens (tertiary/aromatic N) is 4. The summed E-state index contributed by atoms with van der Waals surface area (Å²) in [7, 11) is 2.20. The lowest BCUT2D eigenvalue weighted by Gasteiger charge is -2.32. The van der Waals surface area contributed by atoms with Crippen molar-refractivity contribution in [1.82, 2.24) is 19.6 Å². The topological polar surface area (TPSA) is 24.3 Å². The van der Waals surface area contributed by atoms with Crippen molar-refractivity contribution in [3.8, 4) is 0 Å². The minimum absolute atomic E-state index is 0.627. The zero-order chi connectivity index (χ0) is 13.0. The van der Waals surface area contributed by atoms with Crippen LogP contribution >= 0.6 is 0 Å². The van der Waals surface area contributed by atoms with Gasteiger partial charge in [0.05, 0.1) is 12.7 Å². The van der Waals surface area contributed by atoms with E-state index in [4.69, 9.17) is 0 Å². The van der Waals surface area contributed by atoms with Crippen LogP contribution in [0.25, 0.3) is 0 Å². The minimum atomic E-state index is 0.627. The summed E-state index contributed by atoms with van der Waals surface area (Å²) in [6.07, 6.45) is 5.42.